The minimum absolute atomic E-state index is 0.371. The first kappa shape index (κ1) is 27.0. The summed E-state index contributed by atoms with van der Waals surface area (Å²) >= 11 is 0. The molecule has 0 spiro atoms. The predicted molar refractivity (Wildman–Crippen MR) is 191 cm³/mol. The van der Waals surface area contributed by atoms with E-state index >= 15 is 0 Å². The number of hydrogen-bond acceptors (Lipinski definition) is 1. The van der Waals surface area contributed by atoms with Gasteiger partial charge in [-0.3, -0.25) is 0 Å². The molecule has 1 unspecified atom stereocenters. The van der Waals surface area contributed by atoms with Crippen LogP contribution in [0.3, 0.4) is 0 Å². The summed E-state index contributed by atoms with van der Waals surface area (Å²) < 4.78 is 2.47. The van der Waals surface area contributed by atoms with Crippen LogP contribution < -0.4 is 4.90 Å². The number of anilines is 3. The summed E-state index contributed by atoms with van der Waals surface area (Å²) in [5.74, 6) is 0.371. The fraction of sp³-hybridized carbons (Fsp3) is 0.0698. The maximum Gasteiger partial charge on any atom is 0.0540 e. The monoisotopic (exact) mass is 578 g/mol. The zero-order valence-electron chi connectivity index (χ0n) is 25.3. The molecule has 1 aliphatic rings. The lowest BCUT2D eigenvalue weighted by Crippen LogP contribution is -2.11. The molecule has 2 heteroatoms. The Morgan fingerprint density at radius 1 is 0.578 bits per heavy atom. The number of allylic oxidation sites excluding steroid dienone is 1. The van der Waals surface area contributed by atoms with Gasteiger partial charge in [-0.25, -0.2) is 0 Å². The van der Waals surface area contributed by atoms with Crippen LogP contribution in [0.5, 0.6) is 0 Å². The number of nitrogens with zero attached hydrogens (tertiary/aromatic N) is 2. The number of hydrogen-bond donors (Lipinski definition) is 0. The lowest BCUT2D eigenvalue weighted by molar-refractivity contribution is 0.733. The van der Waals surface area contributed by atoms with Gasteiger partial charge in [-0.05, 0) is 83.8 Å². The molecule has 0 radical (unpaired) electrons. The molecular weight excluding hydrogens is 544 g/mol. The fourth-order valence-electron chi connectivity index (χ4n) is 7.02. The van der Waals surface area contributed by atoms with Crippen molar-refractivity contribution in [1.82, 2.24) is 4.57 Å². The van der Waals surface area contributed by atoms with E-state index in [2.05, 4.69) is 186 Å². The number of benzene rings is 6. The van der Waals surface area contributed by atoms with E-state index in [1.807, 2.05) is 0 Å². The zero-order valence-corrected chi connectivity index (χ0v) is 25.3. The molecule has 0 saturated carbocycles. The predicted octanol–water partition coefficient (Wildman–Crippen LogP) is 11.8. The summed E-state index contributed by atoms with van der Waals surface area (Å²) in [6.45, 7) is 2.38. The fourth-order valence-corrected chi connectivity index (χ4v) is 7.02. The summed E-state index contributed by atoms with van der Waals surface area (Å²) in [6.07, 6.45) is 3.43. The van der Waals surface area contributed by atoms with E-state index in [4.69, 9.17) is 0 Å². The molecule has 1 atom stereocenters. The van der Waals surface area contributed by atoms with Gasteiger partial charge in [0.15, 0.2) is 0 Å². The molecule has 0 N–H and O–H groups in total. The largest absolute Gasteiger partial charge is 0.313 e. The van der Waals surface area contributed by atoms with E-state index in [1.165, 1.54) is 50.1 Å². The lowest BCUT2D eigenvalue weighted by Gasteiger charge is -2.28. The highest BCUT2D eigenvalue weighted by molar-refractivity contribution is 6.00. The SMILES string of the molecule is CC1CC(c2cccc(-c3ccccc3N(c3ccccc3)c3ccccc3)c2)=Cc2c1n(-c1ccccc1)c1ccccc21. The minimum Gasteiger partial charge on any atom is -0.313 e. The molecule has 0 amide bonds. The molecule has 0 saturated heterocycles. The molecule has 0 fully saturated rings. The topological polar surface area (TPSA) is 8.17 Å². The van der Waals surface area contributed by atoms with Gasteiger partial charge in [0.1, 0.15) is 0 Å². The van der Waals surface area contributed by atoms with Crippen molar-refractivity contribution in [2.75, 3.05) is 4.90 Å². The molecule has 0 bridgehead atoms. The van der Waals surface area contributed by atoms with Crippen LogP contribution in [0.15, 0.2) is 164 Å². The average molecular weight is 579 g/mol. The Balaban J connectivity index is 1.25. The van der Waals surface area contributed by atoms with Crippen LogP contribution in [0.1, 0.15) is 36.1 Å². The number of fused-ring (bicyclic) bond motifs is 3. The van der Waals surface area contributed by atoms with E-state index in [1.54, 1.807) is 0 Å². The molecule has 8 rings (SSSR count). The molecule has 216 valence electrons. The molecule has 6 aromatic carbocycles. The van der Waals surface area contributed by atoms with Gasteiger partial charge >= 0.3 is 0 Å². The van der Waals surface area contributed by atoms with Crippen molar-refractivity contribution < 1.29 is 0 Å². The van der Waals surface area contributed by atoms with Crippen molar-refractivity contribution >= 4 is 39.6 Å². The van der Waals surface area contributed by atoms with Crippen molar-refractivity contribution in [3.8, 4) is 16.8 Å². The van der Waals surface area contributed by atoms with Crippen LogP contribution in [0.2, 0.25) is 0 Å². The molecule has 1 heterocycles. The van der Waals surface area contributed by atoms with Crippen LogP contribution in [0, 0.1) is 0 Å². The summed E-state index contributed by atoms with van der Waals surface area (Å²) in [5.41, 5.74) is 13.7. The molecular formula is C43H34N2. The summed E-state index contributed by atoms with van der Waals surface area (Å²) in [5, 5.41) is 1.31. The van der Waals surface area contributed by atoms with E-state index in [-0.39, 0.29) is 0 Å². The number of aromatic nitrogens is 1. The van der Waals surface area contributed by atoms with E-state index in [9.17, 15) is 0 Å². The van der Waals surface area contributed by atoms with Gasteiger partial charge in [0.25, 0.3) is 0 Å². The van der Waals surface area contributed by atoms with E-state index in [0.717, 1.165) is 23.5 Å². The third kappa shape index (κ3) is 4.85. The van der Waals surface area contributed by atoms with Gasteiger partial charge in [0, 0.05) is 45.2 Å². The van der Waals surface area contributed by atoms with Crippen molar-refractivity contribution in [2.24, 2.45) is 0 Å². The molecule has 0 aliphatic heterocycles. The van der Waals surface area contributed by atoms with Crippen molar-refractivity contribution in [3.63, 3.8) is 0 Å². The Labute approximate surface area is 265 Å². The molecule has 7 aromatic rings. The molecule has 45 heavy (non-hydrogen) atoms. The molecule has 1 aromatic heterocycles. The smallest absolute Gasteiger partial charge is 0.0540 e. The van der Waals surface area contributed by atoms with Crippen LogP contribution in [-0.4, -0.2) is 4.57 Å². The Bertz CT molecular complexity index is 2100. The average Bonchev–Trinajstić information content (AvgIpc) is 3.45. The summed E-state index contributed by atoms with van der Waals surface area (Å²) in [4.78, 5) is 2.36. The van der Waals surface area contributed by atoms with Crippen LogP contribution in [-0.2, 0) is 0 Å². The maximum absolute atomic E-state index is 2.47. The summed E-state index contributed by atoms with van der Waals surface area (Å²) in [7, 11) is 0. The van der Waals surface area contributed by atoms with Gasteiger partial charge in [-0.1, -0.05) is 116 Å². The van der Waals surface area contributed by atoms with Crippen LogP contribution >= 0.6 is 0 Å². The second kappa shape index (κ2) is 11.5. The second-order valence-corrected chi connectivity index (χ2v) is 11.9. The lowest BCUT2D eigenvalue weighted by atomic mass is 9.84. The zero-order chi connectivity index (χ0) is 30.2. The first-order valence-corrected chi connectivity index (χ1v) is 15.8. The molecule has 2 nitrogen and oxygen atoms in total. The van der Waals surface area contributed by atoms with E-state index in [0.29, 0.717) is 5.92 Å². The number of para-hydroxylation sites is 5. The Morgan fingerprint density at radius 3 is 1.91 bits per heavy atom. The first-order valence-electron chi connectivity index (χ1n) is 15.8. The normalized spacial score (nSPS) is 14.2. The van der Waals surface area contributed by atoms with Crippen LogP contribution in [0.4, 0.5) is 17.1 Å². The van der Waals surface area contributed by atoms with Gasteiger partial charge in [-0.15, -0.1) is 0 Å². The third-order valence-corrected chi connectivity index (χ3v) is 9.00. The highest BCUT2D eigenvalue weighted by Crippen LogP contribution is 2.45. The van der Waals surface area contributed by atoms with Gasteiger partial charge in [0.05, 0.1) is 11.2 Å². The van der Waals surface area contributed by atoms with E-state index < -0.39 is 0 Å². The maximum atomic E-state index is 2.47. The van der Waals surface area contributed by atoms with Gasteiger partial charge < -0.3 is 9.47 Å². The van der Waals surface area contributed by atoms with Crippen molar-refractivity contribution in [2.45, 2.75) is 19.3 Å². The standard InChI is InChI=1S/C43H34N2/c1-31-28-34(30-40-39-25-12-14-27-42(39)45(43(31)40)37-22-9-4-10-23-37)32-16-15-17-33(29-32)38-24-11-13-26-41(38)44(35-18-5-2-6-19-35)36-20-7-3-8-21-36/h2-27,29-31H,28H2,1H3. The third-order valence-electron chi connectivity index (χ3n) is 9.00. The molecule has 1 aliphatic carbocycles. The van der Waals surface area contributed by atoms with Gasteiger partial charge in [0.2, 0.25) is 0 Å². The highest BCUT2D eigenvalue weighted by atomic mass is 15.1. The van der Waals surface area contributed by atoms with Crippen molar-refractivity contribution in [1.29, 1.82) is 0 Å². The number of rotatable bonds is 6. The Kier molecular flexibility index (Phi) is 6.88. The summed E-state index contributed by atoms with van der Waals surface area (Å²) in [6, 6.07) is 58.8. The Morgan fingerprint density at radius 2 is 1.18 bits per heavy atom. The first-order chi connectivity index (χ1) is 22.3. The Hall–Kier alpha value is -5.60. The minimum atomic E-state index is 0.371. The van der Waals surface area contributed by atoms with Crippen LogP contribution in [0.25, 0.3) is 39.4 Å². The second-order valence-electron chi connectivity index (χ2n) is 11.9. The quantitative estimate of drug-likeness (QED) is 0.191. The van der Waals surface area contributed by atoms with Gasteiger partial charge in [-0.2, -0.15) is 0 Å². The van der Waals surface area contributed by atoms with Crippen molar-refractivity contribution in [3.05, 3.63) is 181 Å². The highest BCUT2D eigenvalue weighted by Gasteiger charge is 2.27.